The minimum atomic E-state index is -0.266. The summed E-state index contributed by atoms with van der Waals surface area (Å²) in [5.41, 5.74) is 1.70. The van der Waals surface area contributed by atoms with Gasteiger partial charge in [0, 0.05) is 17.5 Å². The highest BCUT2D eigenvalue weighted by atomic mass is 16.5. The first-order chi connectivity index (χ1) is 11.7. The number of hydrogen-bond donors (Lipinski definition) is 0. The van der Waals surface area contributed by atoms with Gasteiger partial charge >= 0.3 is 5.97 Å². The molecular weight excluding hydrogens is 298 g/mol. The molecule has 0 unspecified atom stereocenters. The minimum absolute atomic E-state index is 0.266. The van der Waals surface area contributed by atoms with Crippen molar-refractivity contribution >= 4 is 5.97 Å². The van der Waals surface area contributed by atoms with E-state index in [9.17, 15) is 4.79 Å². The van der Waals surface area contributed by atoms with Crippen LogP contribution in [0.5, 0.6) is 0 Å². The second-order valence-corrected chi connectivity index (χ2v) is 6.52. The van der Waals surface area contributed by atoms with Crippen LogP contribution in [0.3, 0.4) is 0 Å². The standard InChI is InChI=1S/C21H33NO2/c1-19(2)21(23)24-18-14-10-8-6-4-3-5-7-9-11-15-20-16-12-13-17-22-20/h12-13,16-17H,1,3-11,14-15,18H2,2H3. The number of hydrogen-bond acceptors (Lipinski definition) is 3. The molecule has 1 heterocycles. The van der Waals surface area contributed by atoms with E-state index in [1.54, 1.807) is 6.92 Å². The van der Waals surface area contributed by atoms with Gasteiger partial charge in [0.1, 0.15) is 0 Å². The molecule has 0 saturated carbocycles. The van der Waals surface area contributed by atoms with Crippen LogP contribution in [0.4, 0.5) is 0 Å². The summed E-state index contributed by atoms with van der Waals surface area (Å²) in [6.07, 6.45) is 15.5. The molecule has 0 aromatic carbocycles. The van der Waals surface area contributed by atoms with E-state index in [2.05, 4.69) is 23.7 Å². The summed E-state index contributed by atoms with van der Waals surface area (Å²) in [6.45, 7) is 5.78. The van der Waals surface area contributed by atoms with Crippen LogP contribution in [0.15, 0.2) is 36.5 Å². The lowest BCUT2D eigenvalue weighted by Crippen LogP contribution is -2.05. The van der Waals surface area contributed by atoms with Gasteiger partial charge in [-0.2, -0.15) is 0 Å². The Kier molecular flexibility index (Phi) is 11.7. The normalized spacial score (nSPS) is 10.5. The zero-order valence-electron chi connectivity index (χ0n) is 15.3. The molecule has 1 rings (SSSR count). The maximum absolute atomic E-state index is 11.2. The zero-order chi connectivity index (χ0) is 17.5. The first kappa shape index (κ1) is 20.4. The van der Waals surface area contributed by atoms with Gasteiger partial charge in [0.2, 0.25) is 0 Å². The van der Waals surface area contributed by atoms with Crippen molar-refractivity contribution in [2.45, 2.75) is 77.6 Å². The summed E-state index contributed by atoms with van der Waals surface area (Å²) >= 11 is 0. The van der Waals surface area contributed by atoms with Gasteiger partial charge in [-0.25, -0.2) is 4.79 Å². The van der Waals surface area contributed by atoms with E-state index >= 15 is 0 Å². The minimum Gasteiger partial charge on any atom is -0.462 e. The number of esters is 1. The molecule has 0 spiro atoms. The van der Waals surface area contributed by atoms with Crippen LogP contribution in [-0.4, -0.2) is 17.6 Å². The summed E-state index contributed by atoms with van der Waals surface area (Å²) in [7, 11) is 0. The third kappa shape index (κ3) is 11.0. The van der Waals surface area contributed by atoms with E-state index < -0.39 is 0 Å². The van der Waals surface area contributed by atoms with Gasteiger partial charge in [-0.05, 0) is 38.3 Å². The average molecular weight is 331 g/mol. The molecular formula is C21H33NO2. The Morgan fingerprint density at radius 2 is 1.54 bits per heavy atom. The first-order valence-corrected chi connectivity index (χ1v) is 9.42. The number of aromatic nitrogens is 1. The molecule has 0 aliphatic carbocycles. The molecule has 0 amide bonds. The lowest BCUT2D eigenvalue weighted by atomic mass is 10.1. The fraction of sp³-hybridized carbons (Fsp3) is 0.619. The summed E-state index contributed by atoms with van der Waals surface area (Å²) < 4.78 is 5.08. The SMILES string of the molecule is C=C(C)C(=O)OCCCCCCCCCCCCc1ccccn1. The molecule has 24 heavy (non-hydrogen) atoms. The second kappa shape index (κ2) is 13.8. The molecule has 0 N–H and O–H groups in total. The van der Waals surface area contributed by atoms with Crippen molar-refractivity contribution in [3.05, 3.63) is 42.2 Å². The highest BCUT2D eigenvalue weighted by Gasteiger charge is 2.01. The van der Waals surface area contributed by atoms with Gasteiger partial charge in [0.15, 0.2) is 0 Å². The Labute approximate surface area is 147 Å². The number of nitrogens with zero attached hydrogens (tertiary/aromatic N) is 1. The van der Waals surface area contributed by atoms with Crippen LogP contribution < -0.4 is 0 Å². The van der Waals surface area contributed by atoms with Crippen LogP contribution >= 0.6 is 0 Å². The Hall–Kier alpha value is -1.64. The van der Waals surface area contributed by atoms with Crippen LogP contribution in [0.25, 0.3) is 0 Å². The fourth-order valence-electron chi connectivity index (χ4n) is 2.66. The largest absolute Gasteiger partial charge is 0.462 e. The van der Waals surface area contributed by atoms with E-state index in [1.807, 2.05) is 12.3 Å². The molecule has 0 bridgehead atoms. The van der Waals surface area contributed by atoms with Gasteiger partial charge in [-0.15, -0.1) is 0 Å². The first-order valence-electron chi connectivity index (χ1n) is 9.42. The zero-order valence-corrected chi connectivity index (χ0v) is 15.3. The number of rotatable bonds is 14. The van der Waals surface area contributed by atoms with Crippen molar-refractivity contribution in [1.82, 2.24) is 4.98 Å². The summed E-state index contributed by atoms with van der Waals surface area (Å²) in [5.74, 6) is -0.266. The van der Waals surface area contributed by atoms with Gasteiger partial charge in [0.05, 0.1) is 6.61 Å². The molecule has 134 valence electrons. The Morgan fingerprint density at radius 3 is 2.08 bits per heavy atom. The van der Waals surface area contributed by atoms with E-state index in [0.717, 1.165) is 19.3 Å². The molecule has 0 atom stereocenters. The third-order valence-electron chi connectivity index (χ3n) is 4.14. The predicted molar refractivity (Wildman–Crippen MR) is 99.9 cm³/mol. The van der Waals surface area contributed by atoms with Crippen molar-refractivity contribution < 1.29 is 9.53 Å². The lowest BCUT2D eigenvalue weighted by molar-refractivity contribution is -0.139. The molecule has 3 nitrogen and oxygen atoms in total. The smallest absolute Gasteiger partial charge is 0.333 e. The number of ether oxygens (including phenoxy) is 1. The van der Waals surface area contributed by atoms with Crippen LogP contribution in [0.2, 0.25) is 0 Å². The highest BCUT2D eigenvalue weighted by molar-refractivity contribution is 5.86. The maximum Gasteiger partial charge on any atom is 0.333 e. The van der Waals surface area contributed by atoms with E-state index in [0.29, 0.717) is 12.2 Å². The molecule has 0 fully saturated rings. The van der Waals surface area contributed by atoms with Crippen molar-refractivity contribution in [1.29, 1.82) is 0 Å². The monoisotopic (exact) mass is 331 g/mol. The maximum atomic E-state index is 11.2. The van der Waals surface area contributed by atoms with Crippen molar-refractivity contribution in [2.75, 3.05) is 6.61 Å². The van der Waals surface area contributed by atoms with Gasteiger partial charge < -0.3 is 4.74 Å². The Morgan fingerprint density at radius 1 is 0.958 bits per heavy atom. The topological polar surface area (TPSA) is 39.2 Å². The number of carbonyl (C=O) groups is 1. The van der Waals surface area contributed by atoms with Crippen molar-refractivity contribution in [3.63, 3.8) is 0 Å². The van der Waals surface area contributed by atoms with Gasteiger partial charge in [-0.3, -0.25) is 4.98 Å². The molecule has 1 aromatic heterocycles. The number of unbranched alkanes of at least 4 members (excludes halogenated alkanes) is 9. The molecule has 0 radical (unpaired) electrons. The second-order valence-electron chi connectivity index (χ2n) is 6.52. The van der Waals surface area contributed by atoms with Crippen LogP contribution in [0, 0.1) is 0 Å². The Balaban J connectivity index is 1.78. The predicted octanol–water partition coefficient (Wildman–Crippen LogP) is 5.64. The molecule has 0 aliphatic heterocycles. The van der Waals surface area contributed by atoms with E-state index in [-0.39, 0.29) is 5.97 Å². The molecule has 0 aliphatic rings. The fourth-order valence-corrected chi connectivity index (χ4v) is 2.66. The average Bonchev–Trinajstić information content (AvgIpc) is 2.59. The molecule has 0 saturated heterocycles. The summed E-state index contributed by atoms with van der Waals surface area (Å²) in [5, 5.41) is 0. The van der Waals surface area contributed by atoms with E-state index in [1.165, 1.54) is 57.1 Å². The highest BCUT2D eigenvalue weighted by Crippen LogP contribution is 2.12. The third-order valence-corrected chi connectivity index (χ3v) is 4.14. The van der Waals surface area contributed by atoms with Crippen molar-refractivity contribution in [2.24, 2.45) is 0 Å². The van der Waals surface area contributed by atoms with Crippen LogP contribution in [-0.2, 0) is 16.0 Å². The lowest BCUT2D eigenvalue weighted by Gasteiger charge is -2.05. The number of aryl methyl sites for hydroxylation is 1. The summed E-state index contributed by atoms with van der Waals surface area (Å²) in [4.78, 5) is 15.5. The summed E-state index contributed by atoms with van der Waals surface area (Å²) in [6, 6.07) is 6.14. The Bertz CT molecular complexity index is 456. The van der Waals surface area contributed by atoms with Crippen molar-refractivity contribution in [3.8, 4) is 0 Å². The van der Waals surface area contributed by atoms with Gasteiger partial charge in [-0.1, -0.05) is 64.0 Å². The molecule has 3 heteroatoms. The number of pyridine rings is 1. The van der Waals surface area contributed by atoms with E-state index in [4.69, 9.17) is 4.74 Å². The number of carbonyl (C=O) groups excluding carboxylic acids is 1. The quantitative estimate of drug-likeness (QED) is 0.251. The molecule has 1 aromatic rings. The van der Waals surface area contributed by atoms with Crippen LogP contribution in [0.1, 0.15) is 76.8 Å². The van der Waals surface area contributed by atoms with Gasteiger partial charge in [0.25, 0.3) is 0 Å².